The Balaban J connectivity index is 2.27. The van der Waals surface area contributed by atoms with Gasteiger partial charge in [0.25, 0.3) is 0 Å². The SMILES string of the molecule is CCOc1ccccc1C(=O)C=Cc1cc(Cl)c(O)c(OC)c1. The van der Waals surface area contributed by atoms with Crippen LogP contribution in [0.4, 0.5) is 0 Å². The lowest BCUT2D eigenvalue weighted by molar-refractivity contribution is 0.104. The highest BCUT2D eigenvalue weighted by Gasteiger charge is 2.10. The number of carbonyl (C=O) groups is 1. The first-order valence-electron chi connectivity index (χ1n) is 7.07. The predicted molar refractivity (Wildman–Crippen MR) is 90.6 cm³/mol. The number of hydrogen-bond donors (Lipinski definition) is 1. The summed E-state index contributed by atoms with van der Waals surface area (Å²) in [6, 6.07) is 10.2. The molecule has 0 saturated heterocycles. The minimum atomic E-state index is -0.183. The molecule has 0 aliphatic carbocycles. The maximum atomic E-state index is 12.3. The molecular formula is C18H17ClO4. The normalized spacial score (nSPS) is 10.7. The van der Waals surface area contributed by atoms with Crippen LogP contribution in [-0.2, 0) is 0 Å². The second kappa shape index (κ2) is 7.70. The zero-order chi connectivity index (χ0) is 16.8. The number of para-hydroxylation sites is 1. The van der Waals surface area contributed by atoms with E-state index in [0.717, 1.165) is 0 Å². The molecule has 2 rings (SSSR count). The highest BCUT2D eigenvalue weighted by Crippen LogP contribution is 2.35. The number of benzene rings is 2. The Kier molecular flexibility index (Phi) is 5.66. The Labute approximate surface area is 139 Å². The van der Waals surface area contributed by atoms with Crippen LogP contribution in [0.5, 0.6) is 17.2 Å². The summed E-state index contributed by atoms with van der Waals surface area (Å²) in [4.78, 5) is 12.3. The number of methoxy groups -OCH3 is 1. The van der Waals surface area contributed by atoms with Crippen molar-refractivity contribution in [2.45, 2.75) is 6.92 Å². The maximum absolute atomic E-state index is 12.3. The number of aromatic hydroxyl groups is 1. The Morgan fingerprint density at radius 1 is 1.26 bits per heavy atom. The quantitative estimate of drug-likeness (QED) is 0.631. The van der Waals surface area contributed by atoms with Crippen LogP contribution in [-0.4, -0.2) is 24.6 Å². The summed E-state index contributed by atoms with van der Waals surface area (Å²) in [6.07, 6.45) is 3.04. The lowest BCUT2D eigenvalue weighted by Crippen LogP contribution is -2.01. The van der Waals surface area contributed by atoms with Gasteiger partial charge in [-0.05, 0) is 42.8 Å². The molecule has 0 amide bonds. The summed E-state index contributed by atoms with van der Waals surface area (Å²) in [6.45, 7) is 2.35. The molecule has 0 fully saturated rings. The number of halogens is 1. The molecule has 0 unspecified atom stereocenters. The smallest absolute Gasteiger partial charge is 0.189 e. The average Bonchev–Trinajstić information content (AvgIpc) is 2.56. The second-order valence-corrected chi connectivity index (χ2v) is 5.09. The van der Waals surface area contributed by atoms with Gasteiger partial charge >= 0.3 is 0 Å². The third-order valence-corrected chi connectivity index (χ3v) is 3.44. The van der Waals surface area contributed by atoms with E-state index in [9.17, 15) is 9.90 Å². The molecule has 2 aromatic rings. The molecule has 0 bridgehead atoms. The van der Waals surface area contributed by atoms with Crippen molar-refractivity contribution in [2.75, 3.05) is 13.7 Å². The van der Waals surface area contributed by atoms with Gasteiger partial charge in [0, 0.05) is 0 Å². The van der Waals surface area contributed by atoms with E-state index in [0.29, 0.717) is 23.5 Å². The fraction of sp³-hybridized carbons (Fsp3) is 0.167. The molecule has 0 saturated carbocycles. The van der Waals surface area contributed by atoms with Crippen molar-refractivity contribution in [2.24, 2.45) is 0 Å². The Bertz CT molecular complexity index is 738. The zero-order valence-corrected chi connectivity index (χ0v) is 13.6. The fourth-order valence-electron chi connectivity index (χ4n) is 2.06. The van der Waals surface area contributed by atoms with Gasteiger partial charge in [-0.25, -0.2) is 0 Å². The Morgan fingerprint density at radius 2 is 2.00 bits per heavy atom. The molecule has 0 atom stereocenters. The standard InChI is InChI=1S/C18H17ClO4/c1-3-23-16-7-5-4-6-13(16)15(20)9-8-12-10-14(19)18(21)17(11-12)22-2/h4-11,21H,3H2,1-2H3. The van der Waals surface area contributed by atoms with Gasteiger partial charge < -0.3 is 14.6 Å². The number of ether oxygens (including phenoxy) is 2. The minimum Gasteiger partial charge on any atom is -0.503 e. The van der Waals surface area contributed by atoms with Crippen molar-refractivity contribution >= 4 is 23.5 Å². The molecule has 0 heterocycles. The molecule has 0 aliphatic rings. The van der Waals surface area contributed by atoms with Crippen molar-refractivity contribution < 1.29 is 19.4 Å². The molecular weight excluding hydrogens is 316 g/mol. The topological polar surface area (TPSA) is 55.8 Å². The molecule has 2 aromatic carbocycles. The van der Waals surface area contributed by atoms with Crippen LogP contribution in [0.15, 0.2) is 42.5 Å². The first-order valence-corrected chi connectivity index (χ1v) is 7.45. The number of allylic oxidation sites excluding steroid dienone is 1. The van der Waals surface area contributed by atoms with Crippen LogP contribution in [0.3, 0.4) is 0 Å². The van der Waals surface area contributed by atoms with Gasteiger partial charge in [0.05, 0.1) is 24.3 Å². The number of phenolic OH excluding ortho intramolecular Hbond substituents is 1. The van der Waals surface area contributed by atoms with Gasteiger partial charge in [-0.3, -0.25) is 4.79 Å². The van der Waals surface area contributed by atoms with Crippen LogP contribution in [0.2, 0.25) is 5.02 Å². The van der Waals surface area contributed by atoms with Gasteiger partial charge in [0.2, 0.25) is 0 Å². The molecule has 120 valence electrons. The van der Waals surface area contributed by atoms with Crippen LogP contribution < -0.4 is 9.47 Å². The van der Waals surface area contributed by atoms with Gasteiger partial charge in [0.15, 0.2) is 17.3 Å². The number of hydrogen-bond acceptors (Lipinski definition) is 4. The molecule has 4 nitrogen and oxygen atoms in total. The van der Waals surface area contributed by atoms with E-state index in [1.165, 1.54) is 13.2 Å². The van der Waals surface area contributed by atoms with Gasteiger partial charge in [-0.2, -0.15) is 0 Å². The predicted octanol–water partition coefficient (Wildman–Crippen LogP) is 4.35. The summed E-state index contributed by atoms with van der Waals surface area (Å²) in [5, 5.41) is 9.87. The fourth-order valence-corrected chi connectivity index (χ4v) is 2.28. The molecule has 0 aliphatic heterocycles. The van der Waals surface area contributed by atoms with E-state index in [2.05, 4.69) is 0 Å². The van der Waals surface area contributed by atoms with E-state index in [1.807, 2.05) is 13.0 Å². The molecule has 23 heavy (non-hydrogen) atoms. The van der Waals surface area contributed by atoms with E-state index in [-0.39, 0.29) is 22.3 Å². The average molecular weight is 333 g/mol. The second-order valence-electron chi connectivity index (χ2n) is 4.68. The summed E-state index contributed by atoms with van der Waals surface area (Å²) < 4.78 is 10.5. The van der Waals surface area contributed by atoms with Crippen LogP contribution in [0.25, 0.3) is 6.08 Å². The molecule has 0 aromatic heterocycles. The summed E-state index contributed by atoms with van der Waals surface area (Å²) in [7, 11) is 1.43. The lowest BCUT2D eigenvalue weighted by Gasteiger charge is -2.07. The number of rotatable bonds is 6. The van der Waals surface area contributed by atoms with E-state index >= 15 is 0 Å². The highest BCUT2D eigenvalue weighted by molar-refractivity contribution is 6.32. The summed E-state index contributed by atoms with van der Waals surface area (Å²) in [5.74, 6) is 0.488. The number of ketones is 1. The summed E-state index contributed by atoms with van der Waals surface area (Å²) in [5.41, 5.74) is 1.13. The monoisotopic (exact) mass is 332 g/mol. The third-order valence-electron chi connectivity index (χ3n) is 3.15. The third kappa shape index (κ3) is 4.05. The van der Waals surface area contributed by atoms with Crippen LogP contribution in [0.1, 0.15) is 22.8 Å². The van der Waals surface area contributed by atoms with E-state index in [4.69, 9.17) is 21.1 Å². The van der Waals surface area contributed by atoms with Crippen LogP contribution >= 0.6 is 11.6 Å². The van der Waals surface area contributed by atoms with E-state index in [1.54, 1.807) is 36.4 Å². The highest BCUT2D eigenvalue weighted by atomic mass is 35.5. The van der Waals surface area contributed by atoms with Gasteiger partial charge in [0.1, 0.15) is 5.75 Å². The lowest BCUT2D eigenvalue weighted by atomic mass is 10.1. The zero-order valence-electron chi connectivity index (χ0n) is 12.9. The van der Waals surface area contributed by atoms with E-state index < -0.39 is 0 Å². The largest absolute Gasteiger partial charge is 0.503 e. The van der Waals surface area contributed by atoms with Crippen molar-refractivity contribution in [3.05, 3.63) is 58.6 Å². The van der Waals surface area contributed by atoms with Crippen molar-refractivity contribution in [1.82, 2.24) is 0 Å². The molecule has 0 spiro atoms. The van der Waals surface area contributed by atoms with Crippen molar-refractivity contribution in [1.29, 1.82) is 0 Å². The first kappa shape index (κ1) is 16.9. The van der Waals surface area contributed by atoms with Crippen molar-refractivity contribution in [3.63, 3.8) is 0 Å². The Hall–Kier alpha value is -2.46. The Morgan fingerprint density at radius 3 is 2.70 bits per heavy atom. The van der Waals surface area contributed by atoms with Gasteiger partial charge in [-0.15, -0.1) is 0 Å². The van der Waals surface area contributed by atoms with Gasteiger partial charge in [-0.1, -0.05) is 29.8 Å². The number of carbonyl (C=O) groups excluding carboxylic acids is 1. The molecule has 0 radical (unpaired) electrons. The number of phenols is 1. The van der Waals surface area contributed by atoms with Crippen molar-refractivity contribution in [3.8, 4) is 17.2 Å². The first-order chi connectivity index (χ1) is 11.1. The van der Waals surface area contributed by atoms with Crippen LogP contribution in [0, 0.1) is 0 Å². The molecule has 1 N–H and O–H groups in total. The minimum absolute atomic E-state index is 0.126. The summed E-state index contributed by atoms with van der Waals surface area (Å²) >= 11 is 5.93. The molecule has 5 heteroatoms. The maximum Gasteiger partial charge on any atom is 0.189 e.